The van der Waals surface area contributed by atoms with E-state index in [2.05, 4.69) is 10.6 Å². The summed E-state index contributed by atoms with van der Waals surface area (Å²) in [5.41, 5.74) is 2.46. The minimum absolute atomic E-state index is 0.232. The number of carbonyl (C=O) groups excluding carboxylic acids is 2. The Bertz CT molecular complexity index is 1020. The van der Waals surface area contributed by atoms with Crippen molar-refractivity contribution >= 4 is 17.5 Å². The third-order valence-corrected chi connectivity index (χ3v) is 4.76. The van der Waals surface area contributed by atoms with Gasteiger partial charge in [0.15, 0.2) is 0 Å². The van der Waals surface area contributed by atoms with Crippen LogP contribution in [0.2, 0.25) is 0 Å². The van der Waals surface area contributed by atoms with Crippen molar-refractivity contribution in [3.8, 4) is 5.75 Å². The predicted octanol–water partition coefficient (Wildman–Crippen LogP) is 4.33. The van der Waals surface area contributed by atoms with Crippen LogP contribution in [0.25, 0.3) is 0 Å². The Morgan fingerprint density at radius 3 is 2.44 bits per heavy atom. The molecule has 2 N–H and O–H groups in total. The van der Waals surface area contributed by atoms with E-state index in [1.807, 2.05) is 37.3 Å². The molecule has 0 atom stereocenters. The first-order valence-electron chi connectivity index (χ1n) is 10.7. The largest absolute Gasteiger partial charge is 0.491 e. The molecule has 0 fully saturated rings. The molecule has 0 aromatic heterocycles. The molecule has 0 spiro atoms. The molecular weight excluding hydrogens is 404 g/mol. The van der Waals surface area contributed by atoms with Crippen LogP contribution in [-0.2, 0) is 11.2 Å². The zero-order valence-corrected chi connectivity index (χ0v) is 18.2. The number of carbonyl (C=O) groups is 2. The SMILES string of the molecule is CCOCCOc1cccc(C(=O)Nc2ccccc2C(=O)NCCc2ccccc2)c1. The molecule has 6 nitrogen and oxygen atoms in total. The molecule has 0 saturated carbocycles. The summed E-state index contributed by atoms with van der Waals surface area (Å²) in [6, 6.07) is 23.8. The van der Waals surface area contributed by atoms with Crippen molar-refractivity contribution in [2.45, 2.75) is 13.3 Å². The average molecular weight is 433 g/mol. The summed E-state index contributed by atoms with van der Waals surface area (Å²) in [6.07, 6.45) is 0.733. The zero-order valence-electron chi connectivity index (χ0n) is 18.2. The molecule has 3 aromatic carbocycles. The molecule has 3 aromatic rings. The number of rotatable bonds is 11. The lowest BCUT2D eigenvalue weighted by atomic mass is 10.1. The summed E-state index contributed by atoms with van der Waals surface area (Å²) in [5.74, 6) is 0.0407. The van der Waals surface area contributed by atoms with Gasteiger partial charge in [-0.25, -0.2) is 0 Å². The van der Waals surface area contributed by atoms with Crippen LogP contribution in [0.15, 0.2) is 78.9 Å². The second-order valence-corrected chi connectivity index (χ2v) is 7.06. The number of hydrogen-bond acceptors (Lipinski definition) is 4. The van der Waals surface area contributed by atoms with Gasteiger partial charge in [0.05, 0.1) is 17.9 Å². The Kier molecular flexibility index (Phi) is 8.83. The minimum atomic E-state index is -0.315. The van der Waals surface area contributed by atoms with Gasteiger partial charge in [-0.1, -0.05) is 48.5 Å². The Hall–Kier alpha value is -3.64. The first kappa shape index (κ1) is 23.0. The number of para-hydroxylation sites is 1. The molecular formula is C26H28N2O4. The fourth-order valence-electron chi connectivity index (χ4n) is 3.13. The second kappa shape index (κ2) is 12.3. The maximum atomic E-state index is 12.8. The average Bonchev–Trinajstić information content (AvgIpc) is 2.83. The normalized spacial score (nSPS) is 10.4. The van der Waals surface area contributed by atoms with Gasteiger partial charge in [-0.3, -0.25) is 9.59 Å². The van der Waals surface area contributed by atoms with Crippen molar-refractivity contribution in [3.63, 3.8) is 0 Å². The highest BCUT2D eigenvalue weighted by molar-refractivity contribution is 6.09. The van der Waals surface area contributed by atoms with Crippen LogP contribution in [0.3, 0.4) is 0 Å². The van der Waals surface area contributed by atoms with Gasteiger partial charge in [-0.2, -0.15) is 0 Å². The highest BCUT2D eigenvalue weighted by Gasteiger charge is 2.14. The van der Waals surface area contributed by atoms with Gasteiger partial charge < -0.3 is 20.1 Å². The summed E-state index contributed by atoms with van der Waals surface area (Å²) in [7, 11) is 0. The first-order chi connectivity index (χ1) is 15.7. The summed E-state index contributed by atoms with van der Waals surface area (Å²) >= 11 is 0. The quantitative estimate of drug-likeness (QED) is 0.442. The first-order valence-corrected chi connectivity index (χ1v) is 10.7. The molecule has 0 aliphatic carbocycles. The number of ether oxygens (including phenoxy) is 2. The fourth-order valence-corrected chi connectivity index (χ4v) is 3.13. The molecule has 6 heteroatoms. The van der Waals surface area contributed by atoms with Crippen molar-refractivity contribution in [2.75, 3.05) is 31.7 Å². The lowest BCUT2D eigenvalue weighted by Crippen LogP contribution is -2.27. The monoisotopic (exact) mass is 432 g/mol. The van der Waals surface area contributed by atoms with E-state index in [9.17, 15) is 9.59 Å². The molecule has 32 heavy (non-hydrogen) atoms. The van der Waals surface area contributed by atoms with Gasteiger partial charge in [-0.05, 0) is 49.2 Å². The number of hydrogen-bond donors (Lipinski definition) is 2. The smallest absolute Gasteiger partial charge is 0.255 e. The molecule has 166 valence electrons. The maximum absolute atomic E-state index is 12.8. The molecule has 3 rings (SSSR count). The third kappa shape index (κ3) is 6.96. The Morgan fingerprint density at radius 2 is 1.62 bits per heavy atom. The fraction of sp³-hybridized carbons (Fsp3) is 0.231. The molecule has 0 radical (unpaired) electrons. The molecule has 0 heterocycles. The van der Waals surface area contributed by atoms with E-state index >= 15 is 0 Å². The highest BCUT2D eigenvalue weighted by Crippen LogP contribution is 2.18. The van der Waals surface area contributed by atoms with Crippen LogP contribution >= 0.6 is 0 Å². The number of anilines is 1. The van der Waals surface area contributed by atoms with E-state index in [0.717, 1.165) is 12.0 Å². The molecule has 0 aliphatic rings. The molecule has 0 aliphatic heterocycles. The molecule has 0 saturated heterocycles. The standard InChI is InChI=1S/C26H28N2O4/c1-2-31-17-18-32-22-12-8-11-21(19-22)25(29)28-24-14-7-6-13-23(24)26(30)27-16-15-20-9-4-3-5-10-20/h3-14,19H,2,15-18H2,1H3,(H,27,30)(H,28,29). The van der Waals surface area contributed by atoms with E-state index in [1.165, 1.54) is 0 Å². The lowest BCUT2D eigenvalue weighted by Gasteiger charge is -2.12. The number of amides is 2. The van der Waals surface area contributed by atoms with Gasteiger partial charge in [0.2, 0.25) is 0 Å². The van der Waals surface area contributed by atoms with Crippen molar-refractivity contribution in [1.82, 2.24) is 5.32 Å². The summed E-state index contributed by atoms with van der Waals surface area (Å²) in [5, 5.41) is 5.76. The summed E-state index contributed by atoms with van der Waals surface area (Å²) in [4.78, 5) is 25.5. The van der Waals surface area contributed by atoms with Crippen molar-refractivity contribution in [1.29, 1.82) is 0 Å². The summed E-state index contributed by atoms with van der Waals surface area (Å²) in [6.45, 7) is 3.95. The Balaban J connectivity index is 1.60. The highest BCUT2D eigenvalue weighted by atomic mass is 16.5. The molecule has 0 bridgehead atoms. The van der Waals surface area contributed by atoms with Crippen LogP contribution in [0, 0.1) is 0 Å². The van der Waals surface area contributed by atoms with Crippen molar-refractivity contribution in [3.05, 3.63) is 95.6 Å². The zero-order chi connectivity index (χ0) is 22.6. The Labute approximate surface area is 188 Å². The van der Waals surface area contributed by atoms with Gasteiger partial charge in [-0.15, -0.1) is 0 Å². The van der Waals surface area contributed by atoms with Crippen LogP contribution in [-0.4, -0.2) is 38.2 Å². The van der Waals surface area contributed by atoms with Crippen LogP contribution in [0.1, 0.15) is 33.2 Å². The third-order valence-electron chi connectivity index (χ3n) is 4.76. The van der Waals surface area contributed by atoms with Crippen LogP contribution in [0.5, 0.6) is 5.75 Å². The van der Waals surface area contributed by atoms with Crippen molar-refractivity contribution < 1.29 is 19.1 Å². The second-order valence-electron chi connectivity index (χ2n) is 7.06. The van der Waals surface area contributed by atoms with Gasteiger partial charge in [0, 0.05) is 18.7 Å². The van der Waals surface area contributed by atoms with E-state index in [0.29, 0.717) is 48.9 Å². The van der Waals surface area contributed by atoms with Crippen molar-refractivity contribution in [2.24, 2.45) is 0 Å². The maximum Gasteiger partial charge on any atom is 0.255 e. The van der Waals surface area contributed by atoms with E-state index in [1.54, 1.807) is 48.5 Å². The van der Waals surface area contributed by atoms with E-state index < -0.39 is 0 Å². The van der Waals surface area contributed by atoms with E-state index in [4.69, 9.17) is 9.47 Å². The molecule has 2 amide bonds. The minimum Gasteiger partial charge on any atom is -0.491 e. The number of nitrogens with one attached hydrogen (secondary N) is 2. The van der Waals surface area contributed by atoms with Gasteiger partial charge in [0.25, 0.3) is 11.8 Å². The predicted molar refractivity (Wildman–Crippen MR) is 125 cm³/mol. The van der Waals surface area contributed by atoms with Crippen LogP contribution in [0.4, 0.5) is 5.69 Å². The lowest BCUT2D eigenvalue weighted by molar-refractivity contribution is 0.0955. The van der Waals surface area contributed by atoms with Gasteiger partial charge in [0.1, 0.15) is 12.4 Å². The topological polar surface area (TPSA) is 76.7 Å². The van der Waals surface area contributed by atoms with E-state index in [-0.39, 0.29) is 11.8 Å². The summed E-state index contributed by atoms with van der Waals surface area (Å²) < 4.78 is 10.9. The number of benzene rings is 3. The molecule has 0 unspecified atom stereocenters. The van der Waals surface area contributed by atoms with Crippen LogP contribution < -0.4 is 15.4 Å². The Morgan fingerprint density at radius 1 is 0.844 bits per heavy atom. The van der Waals surface area contributed by atoms with Gasteiger partial charge >= 0.3 is 0 Å².